The maximum atomic E-state index is 13.5. The van der Waals surface area contributed by atoms with Crippen LogP contribution in [0.3, 0.4) is 0 Å². The van der Waals surface area contributed by atoms with E-state index in [0.29, 0.717) is 50.7 Å². The standard InChI is InChI=1S/C30H29BrN4O4/c1-5-39-22-15-20(14-21(31)28(22)38-4)23(24-26(32-34-29(24)36)18-10-6-16(2)7-11-18)25-27(33-35-30(25)37)19-12-8-17(3)9-13-19/h6-15,23H,5H2,1-4H3,(H2,32,34,36)(H2,33,35,37). The maximum Gasteiger partial charge on any atom is 0.268 e. The Morgan fingerprint density at radius 2 is 1.26 bits per heavy atom. The lowest BCUT2D eigenvalue weighted by Crippen LogP contribution is -2.20. The lowest BCUT2D eigenvalue weighted by Gasteiger charge is -2.20. The number of halogens is 1. The molecular formula is C30H29BrN4O4. The molecule has 0 unspecified atom stereocenters. The Morgan fingerprint density at radius 1 is 0.769 bits per heavy atom. The summed E-state index contributed by atoms with van der Waals surface area (Å²) in [5.74, 6) is 0.272. The second-order valence-electron chi connectivity index (χ2n) is 9.37. The Hall–Kier alpha value is -4.24. The Morgan fingerprint density at radius 3 is 1.69 bits per heavy atom. The molecule has 5 aromatic rings. The van der Waals surface area contributed by atoms with Crippen LogP contribution in [-0.2, 0) is 0 Å². The van der Waals surface area contributed by atoms with Gasteiger partial charge in [0.1, 0.15) is 0 Å². The lowest BCUT2D eigenvalue weighted by atomic mass is 9.83. The van der Waals surface area contributed by atoms with Crippen LogP contribution in [0.2, 0.25) is 0 Å². The molecule has 200 valence electrons. The Kier molecular flexibility index (Phi) is 7.34. The van der Waals surface area contributed by atoms with Crippen LogP contribution in [0.4, 0.5) is 0 Å². The van der Waals surface area contributed by atoms with Crippen LogP contribution < -0.4 is 20.6 Å². The number of aromatic nitrogens is 4. The monoisotopic (exact) mass is 588 g/mol. The van der Waals surface area contributed by atoms with E-state index in [-0.39, 0.29) is 11.1 Å². The zero-order valence-corrected chi connectivity index (χ0v) is 23.7. The fourth-order valence-corrected chi connectivity index (χ4v) is 5.50. The van der Waals surface area contributed by atoms with Crippen molar-refractivity contribution in [1.29, 1.82) is 0 Å². The molecule has 0 spiro atoms. The molecule has 5 rings (SSSR count). The molecule has 0 atom stereocenters. The van der Waals surface area contributed by atoms with Crippen molar-refractivity contribution in [2.75, 3.05) is 13.7 Å². The summed E-state index contributed by atoms with van der Waals surface area (Å²) >= 11 is 3.61. The van der Waals surface area contributed by atoms with Gasteiger partial charge in [0.05, 0.1) is 40.7 Å². The van der Waals surface area contributed by atoms with Crippen LogP contribution in [0.1, 0.15) is 40.7 Å². The van der Waals surface area contributed by atoms with E-state index in [2.05, 4.69) is 36.3 Å². The molecule has 0 saturated heterocycles. The molecule has 0 bridgehead atoms. The molecule has 0 amide bonds. The minimum absolute atomic E-state index is 0.323. The first-order chi connectivity index (χ1) is 18.8. The number of ether oxygens (including phenoxy) is 2. The van der Waals surface area contributed by atoms with Crippen LogP contribution in [0, 0.1) is 13.8 Å². The third-order valence-corrected chi connectivity index (χ3v) is 7.35. The second kappa shape index (κ2) is 10.9. The molecule has 39 heavy (non-hydrogen) atoms. The molecule has 3 aromatic carbocycles. The van der Waals surface area contributed by atoms with Crippen molar-refractivity contribution in [2.45, 2.75) is 26.7 Å². The van der Waals surface area contributed by atoms with Crippen LogP contribution in [0.25, 0.3) is 22.5 Å². The zero-order chi connectivity index (χ0) is 27.7. The van der Waals surface area contributed by atoms with Gasteiger partial charge in [-0.15, -0.1) is 0 Å². The summed E-state index contributed by atoms with van der Waals surface area (Å²) < 4.78 is 12.1. The Balaban J connectivity index is 1.84. The second-order valence-corrected chi connectivity index (χ2v) is 10.2. The number of rotatable bonds is 8. The summed E-state index contributed by atoms with van der Waals surface area (Å²) in [5, 5.41) is 11.6. The van der Waals surface area contributed by atoms with Crippen LogP contribution in [-0.4, -0.2) is 34.1 Å². The zero-order valence-electron chi connectivity index (χ0n) is 22.1. The number of methoxy groups -OCH3 is 1. The molecule has 0 aliphatic rings. The summed E-state index contributed by atoms with van der Waals surface area (Å²) in [6.07, 6.45) is 0. The number of aromatic amines is 4. The van der Waals surface area contributed by atoms with Crippen molar-refractivity contribution in [3.05, 3.63) is 114 Å². The quantitative estimate of drug-likeness (QED) is 0.177. The Bertz CT molecular complexity index is 1630. The highest BCUT2D eigenvalue weighted by Crippen LogP contribution is 2.43. The van der Waals surface area contributed by atoms with Gasteiger partial charge < -0.3 is 9.47 Å². The number of H-pyrrole nitrogens is 4. The van der Waals surface area contributed by atoms with Crippen molar-refractivity contribution < 1.29 is 9.47 Å². The number of nitrogens with one attached hydrogen (secondary N) is 4. The first-order valence-corrected chi connectivity index (χ1v) is 13.4. The van der Waals surface area contributed by atoms with Crippen molar-refractivity contribution >= 4 is 15.9 Å². The van der Waals surface area contributed by atoms with E-state index in [4.69, 9.17) is 9.47 Å². The lowest BCUT2D eigenvalue weighted by molar-refractivity contribution is 0.309. The first-order valence-electron chi connectivity index (χ1n) is 12.6. The number of hydrogen-bond acceptors (Lipinski definition) is 4. The molecule has 2 aromatic heterocycles. The highest BCUT2D eigenvalue weighted by Gasteiger charge is 2.32. The molecule has 2 heterocycles. The third-order valence-electron chi connectivity index (χ3n) is 6.76. The summed E-state index contributed by atoms with van der Waals surface area (Å²) in [5.41, 5.74) is 5.90. The average Bonchev–Trinajstić information content (AvgIpc) is 3.48. The molecular weight excluding hydrogens is 560 g/mol. The molecule has 0 aliphatic heterocycles. The van der Waals surface area contributed by atoms with E-state index >= 15 is 0 Å². The molecule has 0 aliphatic carbocycles. The average molecular weight is 589 g/mol. The van der Waals surface area contributed by atoms with Gasteiger partial charge in [0.2, 0.25) is 0 Å². The van der Waals surface area contributed by atoms with Gasteiger partial charge in [-0.3, -0.25) is 30.0 Å². The van der Waals surface area contributed by atoms with Gasteiger partial charge in [-0.05, 0) is 65.5 Å². The van der Waals surface area contributed by atoms with Crippen molar-refractivity contribution in [2.24, 2.45) is 0 Å². The minimum Gasteiger partial charge on any atom is -0.492 e. The highest BCUT2D eigenvalue weighted by molar-refractivity contribution is 9.10. The van der Waals surface area contributed by atoms with Crippen LogP contribution >= 0.6 is 15.9 Å². The molecule has 8 nitrogen and oxygen atoms in total. The van der Waals surface area contributed by atoms with E-state index in [9.17, 15) is 9.59 Å². The van der Waals surface area contributed by atoms with Crippen molar-refractivity contribution in [3.63, 3.8) is 0 Å². The molecule has 0 radical (unpaired) electrons. The summed E-state index contributed by atoms with van der Waals surface area (Å²) in [4.78, 5) is 27.1. The van der Waals surface area contributed by atoms with Gasteiger partial charge in [0.15, 0.2) is 11.5 Å². The minimum atomic E-state index is -0.760. The van der Waals surface area contributed by atoms with E-state index in [0.717, 1.165) is 22.3 Å². The van der Waals surface area contributed by atoms with E-state index in [1.165, 1.54) is 0 Å². The normalized spacial score (nSPS) is 11.2. The van der Waals surface area contributed by atoms with E-state index < -0.39 is 5.92 Å². The van der Waals surface area contributed by atoms with Gasteiger partial charge in [0.25, 0.3) is 11.1 Å². The SMILES string of the molecule is CCOc1cc(C(c2c(-c3ccc(C)cc3)[nH][nH]c2=O)c2c(-c3ccc(C)cc3)[nH][nH]c2=O)cc(Br)c1OC. The van der Waals surface area contributed by atoms with Crippen molar-refractivity contribution in [1.82, 2.24) is 20.4 Å². The summed E-state index contributed by atoms with van der Waals surface area (Å²) in [7, 11) is 1.57. The predicted molar refractivity (Wildman–Crippen MR) is 156 cm³/mol. The molecule has 0 fully saturated rings. The van der Waals surface area contributed by atoms with Gasteiger partial charge in [-0.25, -0.2) is 0 Å². The number of benzene rings is 3. The van der Waals surface area contributed by atoms with Gasteiger partial charge in [-0.2, -0.15) is 0 Å². The van der Waals surface area contributed by atoms with Gasteiger partial charge in [-0.1, -0.05) is 59.7 Å². The van der Waals surface area contributed by atoms with Gasteiger partial charge in [0, 0.05) is 5.92 Å². The largest absolute Gasteiger partial charge is 0.492 e. The number of hydrogen-bond donors (Lipinski definition) is 4. The first kappa shape index (κ1) is 26.4. The highest BCUT2D eigenvalue weighted by atomic mass is 79.9. The maximum absolute atomic E-state index is 13.5. The molecule has 4 N–H and O–H groups in total. The van der Waals surface area contributed by atoms with Crippen molar-refractivity contribution in [3.8, 4) is 34.0 Å². The summed E-state index contributed by atoms with van der Waals surface area (Å²) in [6.45, 7) is 6.31. The smallest absolute Gasteiger partial charge is 0.268 e. The fraction of sp³-hybridized carbons (Fsp3) is 0.200. The molecule has 0 saturated carbocycles. The van der Waals surface area contributed by atoms with Gasteiger partial charge >= 0.3 is 0 Å². The van der Waals surface area contributed by atoms with E-state index in [1.54, 1.807) is 7.11 Å². The topological polar surface area (TPSA) is 116 Å². The fourth-order valence-electron chi connectivity index (χ4n) is 4.87. The third kappa shape index (κ3) is 4.97. The van der Waals surface area contributed by atoms with Crippen LogP contribution in [0.15, 0.2) is 74.7 Å². The molecule has 9 heteroatoms. The van der Waals surface area contributed by atoms with Crippen LogP contribution in [0.5, 0.6) is 11.5 Å². The van der Waals surface area contributed by atoms with E-state index in [1.807, 2.05) is 81.4 Å². The summed E-state index contributed by atoms with van der Waals surface area (Å²) in [6, 6.07) is 19.4. The predicted octanol–water partition coefficient (Wildman–Crippen LogP) is 6.02. The Labute approximate surface area is 233 Å². The number of aryl methyl sites for hydroxylation is 2.